The van der Waals surface area contributed by atoms with Crippen molar-refractivity contribution in [2.24, 2.45) is 0 Å². The Hall–Kier alpha value is -7.17. The molecule has 0 aliphatic heterocycles. The third kappa shape index (κ3) is 5.54. The van der Waals surface area contributed by atoms with E-state index in [0.29, 0.717) is 17.6 Å². The summed E-state index contributed by atoms with van der Waals surface area (Å²) >= 11 is 0. The predicted molar refractivity (Wildman–Crippen MR) is 219 cm³/mol. The Morgan fingerprint density at radius 3 is 1.38 bits per heavy atom. The molecule has 0 spiro atoms. The summed E-state index contributed by atoms with van der Waals surface area (Å²) in [7, 11) is 0. The van der Waals surface area contributed by atoms with Gasteiger partial charge in [0.05, 0.1) is 11.0 Å². The lowest BCUT2D eigenvalue weighted by Gasteiger charge is -2.13. The van der Waals surface area contributed by atoms with E-state index in [9.17, 15) is 0 Å². The highest BCUT2D eigenvalue weighted by molar-refractivity contribution is 6.21. The highest BCUT2D eigenvalue weighted by atomic mass is 15.2. The highest BCUT2D eigenvalue weighted by Gasteiger charge is 2.20. The molecular weight excluding hydrogens is 645 g/mol. The second-order valence-electron chi connectivity index (χ2n) is 13.3. The minimum Gasteiger partial charge on any atom is -0.278 e. The molecule has 0 amide bonds. The summed E-state index contributed by atoms with van der Waals surface area (Å²) in [5, 5.41) is 4.72. The van der Waals surface area contributed by atoms with Gasteiger partial charge in [0.15, 0.2) is 11.6 Å². The average Bonchev–Trinajstić information content (AvgIpc) is 3.59. The van der Waals surface area contributed by atoms with Crippen LogP contribution in [0.5, 0.6) is 0 Å². The van der Waals surface area contributed by atoms with E-state index < -0.39 is 0 Å². The number of rotatable bonds is 6. The molecular formula is C49H32N4. The fourth-order valence-electron chi connectivity index (χ4n) is 7.47. The normalized spacial score (nSPS) is 11.4. The number of aromatic nitrogens is 4. The van der Waals surface area contributed by atoms with E-state index in [2.05, 4.69) is 187 Å². The first kappa shape index (κ1) is 30.6. The maximum Gasteiger partial charge on any atom is 0.238 e. The second-order valence-corrected chi connectivity index (χ2v) is 13.3. The van der Waals surface area contributed by atoms with E-state index in [1.807, 2.05) is 12.1 Å². The lowest BCUT2D eigenvalue weighted by Crippen LogP contribution is -2.06. The summed E-state index contributed by atoms with van der Waals surface area (Å²) in [5.41, 5.74) is 10.7. The molecule has 0 fully saturated rings. The summed E-state index contributed by atoms with van der Waals surface area (Å²) in [6.07, 6.45) is 0. The number of benzene rings is 8. The first-order chi connectivity index (χ1) is 26.3. The third-order valence-electron chi connectivity index (χ3n) is 10.0. The Labute approximate surface area is 307 Å². The van der Waals surface area contributed by atoms with Gasteiger partial charge in [0.1, 0.15) is 0 Å². The summed E-state index contributed by atoms with van der Waals surface area (Å²) in [5.74, 6) is 1.80. The van der Waals surface area contributed by atoms with Crippen molar-refractivity contribution in [2.75, 3.05) is 0 Å². The summed E-state index contributed by atoms with van der Waals surface area (Å²) in [4.78, 5) is 15.8. The molecule has 2 aromatic heterocycles. The zero-order valence-electron chi connectivity index (χ0n) is 28.8. The van der Waals surface area contributed by atoms with E-state index >= 15 is 0 Å². The lowest BCUT2D eigenvalue weighted by atomic mass is 10.0. The van der Waals surface area contributed by atoms with Gasteiger partial charge in [-0.15, -0.1) is 0 Å². The van der Waals surface area contributed by atoms with Gasteiger partial charge in [-0.25, -0.2) is 4.98 Å². The molecule has 0 radical (unpaired) electrons. The average molecular weight is 677 g/mol. The fraction of sp³-hybridized carbons (Fsp3) is 0. The minimum absolute atomic E-state index is 0.570. The van der Waals surface area contributed by atoms with E-state index in [1.54, 1.807) is 0 Å². The van der Waals surface area contributed by atoms with Gasteiger partial charge >= 0.3 is 0 Å². The van der Waals surface area contributed by atoms with Crippen molar-refractivity contribution in [3.8, 4) is 62.1 Å². The Morgan fingerprint density at radius 1 is 0.302 bits per heavy atom. The van der Waals surface area contributed by atoms with Gasteiger partial charge in [-0.3, -0.25) is 4.57 Å². The number of fused-ring (bicyclic) bond motifs is 5. The Balaban J connectivity index is 1.26. The van der Waals surface area contributed by atoms with Crippen molar-refractivity contribution >= 4 is 32.6 Å². The van der Waals surface area contributed by atoms with Crippen LogP contribution in [0.1, 0.15) is 0 Å². The van der Waals surface area contributed by atoms with Crippen molar-refractivity contribution in [3.05, 3.63) is 194 Å². The SMILES string of the molecule is c1ccc(-c2cccc(-c3nc(-c4cccc(-c5ccccc5)c4)nc(-n4c5cc(-c6ccccc6)ccc5c5c6ccccc6ccc54)n3)c2)cc1. The van der Waals surface area contributed by atoms with Crippen LogP contribution in [-0.4, -0.2) is 19.5 Å². The van der Waals surface area contributed by atoms with Crippen molar-refractivity contribution < 1.29 is 0 Å². The Bertz CT molecular complexity index is 2830. The lowest BCUT2D eigenvalue weighted by molar-refractivity contribution is 0.954. The molecule has 8 aromatic carbocycles. The zero-order valence-corrected chi connectivity index (χ0v) is 28.8. The molecule has 0 bridgehead atoms. The standard InChI is InChI=1S/C49H32N4/c1-4-14-33(15-5-1)37-21-12-23-40(30-37)47-50-48(41-24-13-22-38(31-41)34-16-6-2-7-17-34)52-49(51-47)53-44-29-27-36-20-10-11-25-42(36)46(44)43-28-26-39(32-45(43)53)35-18-8-3-9-19-35/h1-32H. The molecule has 10 aromatic rings. The quantitative estimate of drug-likeness (QED) is 0.176. The van der Waals surface area contributed by atoms with Crippen LogP contribution in [0, 0.1) is 0 Å². The number of hydrogen-bond donors (Lipinski definition) is 0. The van der Waals surface area contributed by atoms with Gasteiger partial charge in [-0.1, -0.05) is 170 Å². The van der Waals surface area contributed by atoms with Crippen LogP contribution >= 0.6 is 0 Å². The van der Waals surface area contributed by atoms with Crippen LogP contribution in [0.25, 0.3) is 94.7 Å². The first-order valence-corrected chi connectivity index (χ1v) is 17.9. The molecule has 2 heterocycles. The second kappa shape index (κ2) is 12.9. The fourth-order valence-corrected chi connectivity index (χ4v) is 7.47. The Kier molecular flexibility index (Phi) is 7.43. The van der Waals surface area contributed by atoms with Crippen LogP contribution in [0.2, 0.25) is 0 Å². The highest BCUT2D eigenvalue weighted by Crippen LogP contribution is 2.39. The Morgan fingerprint density at radius 2 is 0.792 bits per heavy atom. The molecule has 0 atom stereocenters. The van der Waals surface area contributed by atoms with Gasteiger partial charge in [0, 0.05) is 21.9 Å². The number of hydrogen-bond acceptors (Lipinski definition) is 3. The summed E-state index contributed by atoms with van der Waals surface area (Å²) in [6, 6.07) is 68.1. The monoisotopic (exact) mass is 676 g/mol. The van der Waals surface area contributed by atoms with E-state index in [1.165, 1.54) is 16.2 Å². The number of nitrogens with zero attached hydrogens (tertiary/aromatic N) is 4. The van der Waals surface area contributed by atoms with Crippen molar-refractivity contribution in [1.82, 2.24) is 19.5 Å². The molecule has 4 nitrogen and oxygen atoms in total. The zero-order chi connectivity index (χ0) is 35.1. The molecule has 0 N–H and O–H groups in total. The maximum absolute atomic E-state index is 5.31. The van der Waals surface area contributed by atoms with E-state index in [-0.39, 0.29) is 0 Å². The van der Waals surface area contributed by atoms with Crippen LogP contribution in [0.4, 0.5) is 0 Å². The molecule has 10 rings (SSSR count). The predicted octanol–water partition coefficient (Wildman–Crippen LogP) is 12.5. The molecule has 0 saturated heterocycles. The molecule has 53 heavy (non-hydrogen) atoms. The van der Waals surface area contributed by atoms with E-state index in [0.717, 1.165) is 60.9 Å². The van der Waals surface area contributed by atoms with Crippen molar-refractivity contribution in [2.45, 2.75) is 0 Å². The van der Waals surface area contributed by atoms with Gasteiger partial charge in [-0.05, 0) is 68.4 Å². The molecule has 248 valence electrons. The molecule has 4 heteroatoms. The maximum atomic E-state index is 5.31. The van der Waals surface area contributed by atoms with Gasteiger partial charge in [0.25, 0.3) is 0 Å². The van der Waals surface area contributed by atoms with Gasteiger partial charge < -0.3 is 0 Å². The van der Waals surface area contributed by atoms with Crippen LogP contribution in [0.15, 0.2) is 194 Å². The summed E-state index contributed by atoms with van der Waals surface area (Å²) < 4.78 is 2.22. The van der Waals surface area contributed by atoms with Gasteiger partial charge in [-0.2, -0.15) is 9.97 Å². The molecule has 0 aliphatic rings. The molecule has 0 unspecified atom stereocenters. The van der Waals surface area contributed by atoms with Crippen molar-refractivity contribution in [3.63, 3.8) is 0 Å². The smallest absolute Gasteiger partial charge is 0.238 e. The molecule has 0 saturated carbocycles. The molecule has 0 aliphatic carbocycles. The van der Waals surface area contributed by atoms with Crippen LogP contribution in [-0.2, 0) is 0 Å². The van der Waals surface area contributed by atoms with Gasteiger partial charge in [0.2, 0.25) is 5.95 Å². The largest absolute Gasteiger partial charge is 0.278 e. The van der Waals surface area contributed by atoms with Crippen molar-refractivity contribution in [1.29, 1.82) is 0 Å². The van der Waals surface area contributed by atoms with Crippen LogP contribution < -0.4 is 0 Å². The summed E-state index contributed by atoms with van der Waals surface area (Å²) in [6.45, 7) is 0. The minimum atomic E-state index is 0.570. The van der Waals surface area contributed by atoms with E-state index in [4.69, 9.17) is 15.0 Å². The van der Waals surface area contributed by atoms with Crippen LogP contribution in [0.3, 0.4) is 0 Å². The third-order valence-corrected chi connectivity index (χ3v) is 10.0. The first-order valence-electron chi connectivity index (χ1n) is 17.9. The topological polar surface area (TPSA) is 43.6 Å².